The molecule has 6 nitrogen and oxygen atoms in total. The van der Waals surface area contributed by atoms with E-state index in [1.807, 2.05) is 6.92 Å². The molecule has 0 amide bonds. The van der Waals surface area contributed by atoms with Crippen molar-refractivity contribution in [3.63, 3.8) is 0 Å². The van der Waals surface area contributed by atoms with Crippen LogP contribution in [-0.2, 0) is 10.0 Å². The Morgan fingerprint density at radius 1 is 1.26 bits per heavy atom. The van der Waals surface area contributed by atoms with Crippen molar-refractivity contribution >= 4 is 22.4 Å². The average Bonchev–Trinajstić information content (AvgIpc) is 3.05. The zero-order chi connectivity index (χ0) is 16.2. The molecule has 1 aromatic rings. The van der Waals surface area contributed by atoms with Gasteiger partial charge in [0.15, 0.2) is 4.90 Å². The first-order chi connectivity index (χ1) is 10.6. The molecule has 1 saturated heterocycles. The third kappa shape index (κ3) is 4.09. The fourth-order valence-corrected chi connectivity index (χ4v) is 4.83. The highest BCUT2D eigenvalue weighted by molar-refractivity contribution is 7.89. The molecule has 0 saturated carbocycles. The third-order valence-corrected chi connectivity index (χ3v) is 5.85. The Labute approximate surface area is 144 Å². The third-order valence-electron chi connectivity index (χ3n) is 3.83. The summed E-state index contributed by atoms with van der Waals surface area (Å²) in [5, 5.41) is 3.22. The Morgan fingerprint density at radius 3 is 2.30 bits per heavy atom. The molecule has 1 aliphatic heterocycles. The lowest BCUT2D eigenvalue weighted by Gasteiger charge is -2.28. The van der Waals surface area contributed by atoms with E-state index in [0.29, 0.717) is 24.6 Å². The van der Waals surface area contributed by atoms with Gasteiger partial charge in [-0.05, 0) is 31.5 Å². The predicted molar refractivity (Wildman–Crippen MR) is 92.3 cm³/mol. The van der Waals surface area contributed by atoms with Crippen molar-refractivity contribution < 1.29 is 17.9 Å². The van der Waals surface area contributed by atoms with Crippen LogP contribution in [-0.4, -0.2) is 52.6 Å². The zero-order valence-electron chi connectivity index (χ0n) is 13.7. The van der Waals surface area contributed by atoms with Crippen molar-refractivity contribution in [2.24, 2.45) is 0 Å². The molecule has 0 aromatic heterocycles. The maximum absolute atomic E-state index is 13.2. The van der Waals surface area contributed by atoms with Crippen molar-refractivity contribution in [1.82, 2.24) is 9.62 Å². The highest BCUT2D eigenvalue weighted by Gasteiger charge is 2.36. The van der Waals surface area contributed by atoms with Gasteiger partial charge in [0.05, 0.1) is 14.2 Å². The number of nitrogens with one attached hydrogen (secondary N) is 1. The lowest BCUT2D eigenvalue weighted by atomic mass is 10.2. The van der Waals surface area contributed by atoms with Gasteiger partial charge < -0.3 is 14.8 Å². The highest BCUT2D eigenvalue weighted by Crippen LogP contribution is 2.36. The van der Waals surface area contributed by atoms with Crippen LogP contribution in [0.3, 0.4) is 0 Å². The summed E-state index contributed by atoms with van der Waals surface area (Å²) >= 11 is 0. The fraction of sp³-hybridized carbons (Fsp3) is 0.600. The number of halogens is 1. The monoisotopic (exact) mass is 364 g/mol. The van der Waals surface area contributed by atoms with Gasteiger partial charge in [-0.2, -0.15) is 4.31 Å². The predicted octanol–water partition coefficient (Wildman–Crippen LogP) is 1.89. The van der Waals surface area contributed by atoms with Gasteiger partial charge in [0.1, 0.15) is 11.5 Å². The molecule has 1 fully saturated rings. The average molecular weight is 365 g/mol. The Morgan fingerprint density at radius 2 is 1.87 bits per heavy atom. The van der Waals surface area contributed by atoms with E-state index in [9.17, 15) is 8.42 Å². The van der Waals surface area contributed by atoms with E-state index in [0.717, 1.165) is 19.4 Å². The van der Waals surface area contributed by atoms with Crippen molar-refractivity contribution in [3.05, 3.63) is 18.2 Å². The fourth-order valence-electron chi connectivity index (χ4n) is 2.79. The Kier molecular flexibility index (Phi) is 7.60. The summed E-state index contributed by atoms with van der Waals surface area (Å²) in [6.45, 7) is 3.97. The molecule has 0 bridgehead atoms. The highest BCUT2D eigenvalue weighted by atomic mass is 35.5. The molecule has 8 heteroatoms. The first kappa shape index (κ1) is 20.0. The Bertz CT molecular complexity index is 581. The molecule has 23 heavy (non-hydrogen) atoms. The van der Waals surface area contributed by atoms with Gasteiger partial charge in [0.25, 0.3) is 10.0 Å². The van der Waals surface area contributed by atoms with Crippen LogP contribution in [0.1, 0.15) is 19.8 Å². The topological polar surface area (TPSA) is 67.9 Å². The molecule has 1 N–H and O–H groups in total. The standard InChI is InChI=1S/C15H24N2O4S.ClH/c1-4-10-17(12-8-9-16-11-12)22(18,19)15-13(20-2)6-5-7-14(15)21-3;/h5-7,12,16H,4,8-11H2,1-3H3;1H. The van der Waals surface area contributed by atoms with Crippen LogP contribution in [0.25, 0.3) is 0 Å². The van der Waals surface area contributed by atoms with Gasteiger partial charge in [-0.25, -0.2) is 8.42 Å². The second kappa shape index (κ2) is 8.73. The molecule has 1 aliphatic rings. The van der Waals surface area contributed by atoms with E-state index in [4.69, 9.17) is 9.47 Å². The van der Waals surface area contributed by atoms with Crippen molar-refractivity contribution in [2.45, 2.75) is 30.7 Å². The summed E-state index contributed by atoms with van der Waals surface area (Å²) in [4.78, 5) is 0.111. The minimum absolute atomic E-state index is 0. The Balaban J connectivity index is 0.00000264. The van der Waals surface area contributed by atoms with E-state index in [1.165, 1.54) is 14.2 Å². The van der Waals surface area contributed by atoms with Crippen molar-refractivity contribution in [3.8, 4) is 11.5 Å². The maximum Gasteiger partial charge on any atom is 0.250 e. The lowest BCUT2D eigenvalue weighted by molar-refractivity contribution is 0.325. The lowest BCUT2D eigenvalue weighted by Crippen LogP contribution is -2.42. The minimum Gasteiger partial charge on any atom is -0.495 e. The van der Waals surface area contributed by atoms with E-state index in [1.54, 1.807) is 22.5 Å². The molecular formula is C15H25ClN2O4S. The van der Waals surface area contributed by atoms with Gasteiger partial charge in [0.2, 0.25) is 0 Å². The number of hydrogen-bond donors (Lipinski definition) is 1. The molecule has 132 valence electrons. The van der Waals surface area contributed by atoms with Crippen molar-refractivity contribution in [1.29, 1.82) is 0 Å². The first-order valence-corrected chi connectivity index (χ1v) is 8.93. The van der Waals surface area contributed by atoms with E-state index < -0.39 is 10.0 Å². The van der Waals surface area contributed by atoms with Crippen LogP contribution >= 0.6 is 12.4 Å². The summed E-state index contributed by atoms with van der Waals surface area (Å²) in [5.74, 6) is 0.623. The molecule has 2 rings (SSSR count). The van der Waals surface area contributed by atoms with Gasteiger partial charge in [-0.3, -0.25) is 0 Å². The van der Waals surface area contributed by atoms with Crippen LogP contribution in [0.4, 0.5) is 0 Å². The molecule has 1 unspecified atom stereocenters. The maximum atomic E-state index is 13.2. The molecule has 0 aliphatic carbocycles. The van der Waals surface area contributed by atoms with Crippen LogP contribution in [0.15, 0.2) is 23.1 Å². The van der Waals surface area contributed by atoms with Gasteiger partial charge in [-0.1, -0.05) is 13.0 Å². The SMILES string of the molecule is CCCN(C1CCNC1)S(=O)(=O)c1c(OC)cccc1OC.Cl. The number of hydrogen-bond acceptors (Lipinski definition) is 5. The molecule has 1 heterocycles. The number of methoxy groups -OCH3 is 2. The van der Waals surface area contributed by atoms with Crippen LogP contribution in [0.2, 0.25) is 0 Å². The number of rotatable bonds is 7. The van der Waals surface area contributed by atoms with Crippen LogP contribution in [0.5, 0.6) is 11.5 Å². The van der Waals surface area contributed by atoms with E-state index in [-0.39, 0.29) is 23.3 Å². The summed E-state index contributed by atoms with van der Waals surface area (Å²) in [5.41, 5.74) is 0. The number of sulfonamides is 1. The van der Waals surface area contributed by atoms with Crippen LogP contribution < -0.4 is 14.8 Å². The summed E-state index contributed by atoms with van der Waals surface area (Å²) in [6.07, 6.45) is 1.57. The van der Waals surface area contributed by atoms with Gasteiger partial charge in [0, 0.05) is 19.1 Å². The first-order valence-electron chi connectivity index (χ1n) is 7.49. The normalized spacial score (nSPS) is 17.8. The smallest absolute Gasteiger partial charge is 0.250 e. The quantitative estimate of drug-likeness (QED) is 0.800. The molecule has 0 spiro atoms. The van der Waals surface area contributed by atoms with E-state index in [2.05, 4.69) is 5.32 Å². The summed E-state index contributed by atoms with van der Waals surface area (Å²) in [7, 11) is -0.754. The van der Waals surface area contributed by atoms with Gasteiger partial charge in [-0.15, -0.1) is 12.4 Å². The summed E-state index contributed by atoms with van der Waals surface area (Å²) in [6, 6.07) is 4.98. The minimum atomic E-state index is -3.69. The Hall–Kier alpha value is -1.02. The van der Waals surface area contributed by atoms with Crippen LogP contribution in [0, 0.1) is 0 Å². The molecule has 1 atom stereocenters. The molecule has 1 aromatic carbocycles. The van der Waals surface area contributed by atoms with E-state index >= 15 is 0 Å². The number of benzene rings is 1. The molecule has 0 radical (unpaired) electrons. The second-order valence-corrected chi connectivity index (χ2v) is 7.08. The number of nitrogens with zero attached hydrogens (tertiary/aromatic N) is 1. The largest absolute Gasteiger partial charge is 0.495 e. The summed E-state index contributed by atoms with van der Waals surface area (Å²) < 4.78 is 38.5. The van der Waals surface area contributed by atoms with Crippen molar-refractivity contribution in [2.75, 3.05) is 33.9 Å². The zero-order valence-corrected chi connectivity index (χ0v) is 15.4. The van der Waals surface area contributed by atoms with Gasteiger partial charge >= 0.3 is 0 Å². The second-order valence-electron chi connectivity index (χ2n) is 5.25. The number of ether oxygens (including phenoxy) is 2. The molecular weight excluding hydrogens is 340 g/mol.